The van der Waals surface area contributed by atoms with Gasteiger partial charge in [-0.2, -0.15) is 16.9 Å². The highest BCUT2D eigenvalue weighted by Crippen LogP contribution is 2.42. The third-order valence-corrected chi connectivity index (χ3v) is 5.29. The molecule has 1 aliphatic rings. The molecule has 19 heavy (non-hydrogen) atoms. The molecule has 1 amide bonds. The highest BCUT2D eigenvalue weighted by molar-refractivity contribution is 8.00. The summed E-state index contributed by atoms with van der Waals surface area (Å²) >= 11 is 1.84. The number of aromatic amines is 1. The van der Waals surface area contributed by atoms with Crippen LogP contribution in [0, 0.1) is 0 Å². The lowest BCUT2D eigenvalue weighted by Gasteiger charge is -2.40. The number of aryl methyl sites for hydroxylation is 1. The zero-order chi connectivity index (χ0) is 13.9. The number of amides is 1. The van der Waals surface area contributed by atoms with E-state index in [9.17, 15) is 4.79 Å². The fraction of sp³-hybridized carbons (Fsp3) is 0.692. The Balaban J connectivity index is 1.96. The maximum Gasteiger partial charge on any atom is 0.273 e. The summed E-state index contributed by atoms with van der Waals surface area (Å²) in [4.78, 5) is 12.1. The van der Waals surface area contributed by atoms with Crippen LogP contribution >= 0.6 is 11.8 Å². The van der Waals surface area contributed by atoms with E-state index in [1.165, 1.54) is 19.3 Å². The SMILES string of the molecule is CCCc1[nH]nc(C(=O)NCC2(SC)CCC2)c1N. The van der Waals surface area contributed by atoms with Gasteiger partial charge in [0, 0.05) is 11.3 Å². The van der Waals surface area contributed by atoms with Crippen LogP contribution in [0.1, 0.15) is 48.8 Å². The van der Waals surface area contributed by atoms with Crippen LogP contribution in [-0.2, 0) is 6.42 Å². The van der Waals surface area contributed by atoms with Crippen LogP contribution < -0.4 is 11.1 Å². The molecule has 0 atom stereocenters. The van der Waals surface area contributed by atoms with Crippen LogP contribution in [0.4, 0.5) is 5.69 Å². The second-order valence-corrected chi connectivity index (χ2v) is 6.41. The van der Waals surface area contributed by atoms with Crippen molar-refractivity contribution in [3.63, 3.8) is 0 Å². The maximum atomic E-state index is 12.1. The summed E-state index contributed by atoms with van der Waals surface area (Å²) in [5.74, 6) is -0.170. The van der Waals surface area contributed by atoms with E-state index in [1.54, 1.807) is 0 Å². The van der Waals surface area contributed by atoms with Crippen LogP contribution in [0.5, 0.6) is 0 Å². The Labute approximate surface area is 118 Å². The minimum atomic E-state index is -0.170. The first kappa shape index (κ1) is 14.2. The summed E-state index contributed by atoms with van der Waals surface area (Å²) in [6.07, 6.45) is 7.50. The zero-order valence-electron chi connectivity index (χ0n) is 11.6. The lowest BCUT2D eigenvalue weighted by atomic mass is 9.84. The maximum absolute atomic E-state index is 12.1. The van der Waals surface area contributed by atoms with E-state index in [4.69, 9.17) is 5.73 Å². The monoisotopic (exact) mass is 282 g/mol. The van der Waals surface area contributed by atoms with Gasteiger partial charge in [-0.1, -0.05) is 19.8 Å². The average molecular weight is 282 g/mol. The quantitative estimate of drug-likeness (QED) is 0.744. The van der Waals surface area contributed by atoms with Gasteiger partial charge in [-0.05, 0) is 25.5 Å². The predicted molar refractivity (Wildman–Crippen MR) is 79.4 cm³/mol. The summed E-state index contributed by atoms with van der Waals surface area (Å²) in [6.45, 7) is 2.77. The van der Waals surface area contributed by atoms with E-state index in [-0.39, 0.29) is 10.7 Å². The molecule has 1 aromatic rings. The number of nitrogens with one attached hydrogen (secondary N) is 2. The van der Waals surface area contributed by atoms with Gasteiger partial charge in [-0.3, -0.25) is 9.89 Å². The van der Waals surface area contributed by atoms with E-state index in [0.717, 1.165) is 18.5 Å². The number of carbonyl (C=O) groups excluding carboxylic acids is 1. The average Bonchev–Trinajstić information content (AvgIpc) is 2.71. The van der Waals surface area contributed by atoms with Crippen molar-refractivity contribution in [3.05, 3.63) is 11.4 Å². The van der Waals surface area contributed by atoms with Gasteiger partial charge in [-0.25, -0.2) is 0 Å². The Bertz CT molecular complexity index is 448. The fourth-order valence-electron chi connectivity index (χ4n) is 2.35. The molecule has 106 valence electrons. The fourth-order valence-corrected chi connectivity index (χ4v) is 3.26. The molecule has 0 aliphatic heterocycles. The summed E-state index contributed by atoms with van der Waals surface area (Å²) in [6, 6.07) is 0. The smallest absolute Gasteiger partial charge is 0.273 e. The number of H-pyrrole nitrogens is 1. The molecule has 0 bridgehead atoms. The number of nitrogen functional groups attached to an aromatic ring is 1. The number of rotatable bonds is 6. The molecule has 1 aliphatic carbocycles. The first-order chi connectivity index (χ1) is 9.12. The van der Waals surface area contributed by atoms with Gasteiger partial charge in [0.15, 0.2) is 5.69 Å². The van der Waals surface area contributed by atoms with E-state index >= 15 is 0 Å². The van der Waals surface area contributed by atoms with E-state index in [1.807, 2.05) is 11.8 Å². The third-order valence-electron chi connectivity index (χ3n) is 3.87. The number of aromatic nitrogens is 2. The summed E-state index contributed by atoms with van der Waals surface area (Å²) in [5.41, 5.74) is 7.63. The molecule has 1 fully saturated rings. The molecular weight excluding hydrogens is 260 g/mol. The lowest BCUT2D eigenvalue weighted by molar-refractivity contribution is 0.0940. The normalized spacial score (nSPS) is 16.9. The molecule has 0 aromatic carbocycles. The highest BCUT2D eigenvalue weighted by Gasteiger charge is 2.36. The Kier molecular flexibility index (Phi) is 4.39. The van der Waals surface area contributed by atoms with Gasteiger partial charge in [0.05, 0.1) is 11.4 Å². The third kappa shape index (κ3) is 2.88. The number of nitrogens with zero attached hydrogens (tertiary/aromatic N) is 1. The van der Waals surface area contributed by atoms with E-state index in [0.29, 0.717) is 17.9 Å². The molecule has 5 nitrogen and oxygen atoms in total. The van der Waals surface area contributed by atoms with Gasteiger partial charge in [0.2, 0.25) is 0 Å². The second kappa shape index (κ2) is 5.86. The number of hydrogen-bond donors (Lipinski definition) is 3. The molecule has 0 saturated heterocycles. The van der Waals surface area contributed by atoms with Gasteiger partial charge < -0.3 is 11.1 Å². The van der Waals surface area contributed by atoms with Crippen molar-refractivity contribution in [2.45, 2.75) is 43.8 Å². The largest absolute Gasteiger partial charge is 0.395 e. The Morgan fingerprint density at radius 2 is 2.32 bits per heavy atom. The number of thioether (sulfide) groups is 1. The van der Waals surface area contributed by atoms with Crippen molar-refractivity contribution in [2.75, 3.05) is 18.5 Å². The molecule has 0 unspecified atom stereocenters. The van der Waals surface area contributed by atoms with Crippen molar-refractivity contribution in [3.8, 4) is 0 Å². The van der Waals surface area contributed by atoms with E-state index in [2.05, 4.69) is 28.7 Å². The van der Waals surface area contributed by atoms with Crippen molar-refractivity contribution in [2.24, 2.45) is 0 Å². The van der Waals surface area contributed by atoms with Gasteiger partial charge >= 0.3 is 0 Å². The van der Waals surface area contributed by atoms with Crippen molar-refractivity contribution in [1.82, 2.24) is 15.5 Å². The summed E-state index contributed by atoms with van der Waals surface area (Å²) in [5, 5.41) is 9.86. The number of nitrogens with two attached hydrogens (primary N) is 1. The molecule has 1 aromatic heterocycles. The second-order valence-electron chi connectivity index (χ2n) is 5.14. The Morgan fingerprint density at radius 3 is 2.84 bits per heavy atom. The Morgan fingerprint density at radius 1 is 1.58 bits per heavy atom. The molecule has 1 saturated carbocycles. The van der Waals surface area contributed by atoms with Crippen LogP contribution in [0.2, 0.25) is 0 Å². The first-order valence-corrected chi connectivity index (χ1v) is 8.00. The summed E-state index contributed by atoms with van der Waals surface area (Å²) in [7, 11) is 0. The molecule has 2 rings (SSSR count). The number of anilines is 1. The van der Waals surface area contributed by atoms with Crippen LogP contribution in [0.25, 0.3) is 0 Å². The standard InChI is InChI=1S/C13H22N4OS/c1-3-5-9-10(14)11(17-16-9)12(18)15-8-13(19-2)6-4-7-13/h3-8,14H2,1-2H3,(H,15,18)(H,16,17). The molecule has 1 heterocycles. The minimum Gasteiger partial charge on any atom is -0.395 e. The van der Waals surface area contributed by atoms with Crippen molar-refractivity contribution >= 4 is 23.4 Å². The summed E-state index contributed by atoms with van der Waals surface area (Å²) < 4.78 is 0.229. The number of carbonyl (C=O) groups is 1. The number of hydrogen-bond acceptors (Lipinski definition) is 4. The molecule has 0 spiro atoms. The Hall–Kier alpha value is -1.17. The molecule has 0 radical (unpaired) electrons. The first-order valence-electron chi connectivity index (χ1n) is 6.78. The van der Waals surface area contributed by atoms with Crippen molar-refractivity contribution < 1.29 is 4.79 Å². The van der Waals surface area contributed by atoms with Gasteiger partial charge in [0.1, 0.15) is 0 Å². The zero-order valence-corrected chi connectivity index (χ0v) is 12.4. The lowest BCUT2D eigenvalue weighted by Crippen LogP contribution is -2.45. The van der Waals surface area contributed by atoms with Crippen molar-refractivity contribution in [1.29, 1.82) is 0 Å². The molecular formula is C13H22N4OS. The van der Waals surface area contributed by atoms with Gasteiger partial charge in [-0.15, -0.1) is 0 Å². The van der Waals surface area contributed by atoms with Crippen LogP contribution in [-0.4, -0.2) is 33.7 Å². The molecule has 6 heteroatoms. The van der Waals surface area contributed by atoms with Gasteiger partial charge in [0.25, 0.3) is 5.91 Å². The highest BCUT2D eigenvalue weighted by atomic mass is 32.2. The minimum absolute atomic E-state index is 0.170. The van der Waals surface area contributed by atoms with E-state index < -0.39 is 0 Å². The topological polar surface area (TPSA) is 83.8 Å². The molecule has 4 N–H and O–H groups in total. The van der Waals surface area contributed by atoms with Crippen LogP contribution in [0.15, 0.2) is 0 Å². The van der Waals surface area contributed by atoms with Crippen LogP contribution in [0.3, 0.4) is 0 Å². The predicted octanol–water partition coefficient (Wildman–Crippen LogP) is 1.96.